The van der Waals surface area contributed by atoms with E-state index in [1.807, 2.05) is 36.4 Å². The Morgan fingerprint density at radius 2 is 1.52 bits per heavy atom. The zero-order valence-corrected chi connectivity index (χ0v) is 18.7. The molecular formula is C25H32O8. The van der Waals surface area contributed by atoms with Gasteiger partial charge in [-0.15, -0.1) is 0 Å². The van der Waals surface area contributed by atoms with Gasteiger partial charge in [-0.25, -0.2) is 0 Å². The zero-order chi connectivity index (χ0) is 23.4. The fourth-order valence-corrected chi connectivity index (χ4v) is 4.16. The van der Waals surface area contributed by atoms with E-state index in [-0.39, 0.29) is 6.10 Å². The Hall–Kier alpha value is -2.20. The third-order valence-electron chi connectivity index (χ3n) is 6.18. The van der Waals surface area contributed by atoms with Gasteiger partial charge in [0.2, 0.25) is 6.29 Å². The zero-order valence-electron chi connectivity index (χ0n) is 18.7. The summed E-state index contributed by atoms with van der Waals surface area (Å²) in [4.78, 5) is 0. The summed E-state index contributed by atoms with van der Waals surface area (Å²) >= 11 is 0. The molecule has 3 heterocycles. The highest BCUT2D eigenvalue weighted by Gasteiger charge is 2.45. The normalized spacial score (nSPS) is 30.7. The van der Waals surface area contributed by atoms with Crippen molar-refractivity contribution in [3.63, 3.8) is 0 Å². The molecule has 5 rings (SSSR count). The highest BCUT2D eigenvalue weighted by molar-refractivity contribution is 5.46. The second-order valence-corrected chi connectivity index (χ2v) is 8.66. The minimum atomic E-state index is -1.50. The topological polar surface area (TPSA) is 118 Å². The van der Waals surface area contributed by atoms with E-state index in [9.17, 15) is 20.4 Å². The van der Waals surface area contributed by atoms with Gasteiger partial charge in [-0.3, -0.25) is 0 Å². The van der Waals surface area contributed by atoms with E-state index < -0.39 is 30.9 Å². The van der Waals surface area contributed by atoms with E-state index in [1.54, 1.807) is 6.07 Å². The summed E-state index contributed by atoms with van der Waals surface area (Å²) in [6.07, 6.45) is -2.15. The van der Waals surface area contributed by atoms with Crippen LogP contribution in [0.15, 0.2) is 42.5 Å². The van der Waals surface area contributed by atoms with Crippen LogP contribution in [0.2, 0.25) is 0 Å². The van der Waals surface area contributed by atoms with E-state index in [1.165, 1.54) is 12.7 Å². The maximum absolute atomic E-state index is 10.4. The van der Waals surface area contributed by atoms with Crippen molar-refractivity contribution in [2.24, 2.45) is 0 Å². The Balaban J connectivity index is 1.60. The molecule has 0 amide bonds. The summed E-state index contributed by atoms with van der Waals surface area (Å²) in [5.74, 6) is 1.34. The van der Waals surface area contributed by atoms with Crippen LogP contribution in [0.1, 0.15) is 36.8 Å². The van der Waals surface area contributed by atoms with Gasteiger partial charge in [0.1, 0.15) is 24.1 Å². The Labute approximate surface area is 193 Å². The lowest BCUT2D eigenvalue weighted by molar-refractivity contribution is -0.327. The maximum Gasteiger partial charge on any atom is 0.231 e. The van der Waals surface area contributed by atoms with Crippen LogP contribution in [-0.4, -0.2) is 64.5 Å². The predicted molar refractivity (Wildman–Crippen MR) is 119 cm³/mol. The van der Waals surface area contributed by atoms with Gasteiger partial charge in [0, 0.05) is 7.11 Å². The number of methoxy groups -OCH3 is 1. The molecule has 3 unspecified atom stereocenters. The van der Waals surface area contributed by atoms with Crippen molar-refractivity contribution in [2.45, 2.75) is 75.5 Å². The average Bonchev–Trinajstić information content (AvgIpc) is 2.83. The number of rotatable bonds is 3. The van der Waals surface area contributed by atoms with Crippen molar-refractivity contribution >= 4 is 0 Å². The second kappa shape index (κ2) is 10.8. The molecule has 1 saturated heterocycles. The Kier molecular flexibility index (Phi) is 7.85. The van der Waals surface area contributed by atoms with Gasteiger partial charge in [-0.2, -0.15) is 0 Å². The van der Waals surface area contributed by atoms with E-state index >= 15 is 0 Å². The number of ether oxygens (including phenoxy) is 4. The number of fused-ring (bicyclic) bond motifs is 8. The van der Waals surface area contributed by atoms with E-state index in [0.717, 1.165) is 31.2 Å². The number of aliphatic hydroxyl groups is 4. The minimum Gasteiger partial charge on any atom is -0.458 e. The standard InChI is InChI=1S/C25H32O8/c1-30-24-22(28)21(27)23(29)25(33-24)32-19-13-9-16-6-10-17(26)5-3-2-4-15-7-11-18(12-8-15)31-20(19)14-16/h7-9,11-14,17,21-29H,2-6,10H2,1H3/t17-,21?,22-,23?,24?,25-/m1/s1. The molecule has 33 heavy (non-hydrogen) atoms. The lowest BCUT2D eigenvalue weighted by Crippen LogP contribution is -2.59. The first-order valence-electron chi connectivity index (χ1n) is 11.4. The summed E-state index contributed by atoms with van der Waals surface area (Å²) in [7, 11) is 1.33. The maximum atomic E-state index is 10.4. The first-order chi connectivity index (χ1) is 15.9. The summed E-state index contributed by atoms with van der Waals surface area (Å²) in [6.45, 7) is 0. The molecule has 180 valence electrons. The van der Waals surface area contributed by atoms with Crippen LogP contribution in [0.5, 0.6) is 17.2 Å². The molecule has 0 saturated carbocycles. The Morgan fingerprint density at radius 3 is 2.27 bits per heavy atom. The third kappa shape index (κ3) is 5.84. The average molecular weight is 461 g/mol. The monoisotopic (exact) mass is 460 g/mol. The molecule has 2 aromatic rings. The molecule has 0 aromatic heterocycles. The smallest absolute Gasteiger partial charge is 0.231 e. The van der Waals surface area contributed by atoms with Crippen molar-refractivity contribution in [2.75, 3.05) is 7.11 Å². The van der Waals surface area contributed by atoms with Gasteiger partial charge in [0.05, 0.1) is 6.10 Å². The minimum absolute atomic E-state index is 0.301. The van der Waals surface area contributed by atoms with Gasteiger partial charge in [0.25, 0.3) is 0 Å². The molecule has 4 bridgehead atoms. The van der Waals surface area contributed by atoms with Gasteiger partial charge in [0.15, 0.2) is 17.8 Å². The van der Waals surface area contributed by atoms with E-state index in [4.69, 9.17) is 18.9 Å². The SMILES string of the molecule is COC1O[C@@H](Oc2ccc3cc2Oc2ccc(cc2)CCCC[C@@H](O)CC3)C(O)C(O)[C@H]1O. The van der Waals surface area contributed by atoms with Crippen LogP contribution in [0.4, 0.5) is 0 Å². The second-order valence-electron chi connectivity index (χ2n) is 8.66. The van der Waals surface area contributed by atoms with Crippen molar-refractivity contribution in [3.8, 4) is 17.2 Å². The van der Waals surface area contributed by atoms with Crippen LogP contribution >= 0.6 is 0 Å². The van der Waals surface area contributed by atoms with Gasteiger partial charge >= 0.3 is 0 Å². The van der Waals surface area contributed by atoms with Crippen LogP contribution < -0.4 is 9.47 Å². The molecule has 0 spiro atoms. The summed E-state index contributed by atoms with van der Waals surface area (Å²) in [5, 5.41) is 40.8. The number of aryl methyl sites for hydroxylation is 2. The fourth-order valence-electron chi connectivity index (χ4n) is 4.16. The first-order valence-corrected chi connectivity index (χ1v) is 11.4. The molecule has 0 aliphatic carbocycles. The molecule has 6 atom stereocenters. The van der Waals surface area contributed by atoms with E-state index in [2.05, 4.69) is 0 Å². The number of aliphatic hydroxyl groups excluding tert-OH is 4. The molecule has 2 aromatic carbocycles. The van der Waals surface area contributed by atoms with Crippen LogP contribution in [0.3, 0.4) is 0 Å². The molecule has 3 aliphatic rings. The van der Waals surface area contributed by atoms with Crippen molar-refractivity contribution in [1.29, 1.82) is 0 Å². The van der Waals surface area contributed by atoms with Crippen LogP contribution in [0.25, 0.3) is 0 Å². The van der Waals surface area contributed by atoms with Crippen molar-refractivity contribution in [1.82, 2.24) is 0 Å². The molecule has 3 aliphatic heterocycles. The summed E-state index contributed by atoms with van der Waals surface area (Å²) < 4.78 is 22.6. The highest BCUT2D eigenvalue weighted by Crippen LogP contribution is 2.36. The molecule has 8 nitrogen and oxygen atoms in total. The number of benzene rings is 2. The fraction of sp³-hybridized carbons (Fsp3) is 0.520. The Bertz CT molecular complexity index is 900. The van der Waals surface area contributed by atoms with Crippen molar-refractivity contribution in [3.05, 3.63) is 53.6 Å². The lowest BCUT2D eigenvalue weighted by Gasteiger charge is -2.39. The molecular weight excluding hydrogens is 428 g/mol. The van der Waals surface area contributed by atoms with Crippen molar-refractivity contribution < 1.29 is 39.4 Å². The molecule has 4 N–H and O–H groups in total. The quantitative estimate of drug-likeness (QED) is 0.551. The van der Waals surface area contributed by atoms with E-state index in [0.29, 0.717) is 30.1 Å². The molecule has 8 heteroatoms. The van der Waals surface area contributed by atoms with Gasteiger partial charge < -0.3 is 39.4 Å². The lowest BCUT2D eigenvalue weighted by atomic mass is 10.0. The van der Waals surface area contributed by atoms with Gasteiger partial charge in [-0.05, 0) is 67.5 Å². The predicted octanol–water partition coefficient (Wildman–Crippen LogP) is 2.29. The van der Waals surface area contributed by atoms with Gasteiger partial charge in [-0.1, -0.05) is 24.6 Å². The molecule has 1 fully saturated rings. The number of hydrogen-bond acceptors (Lipinski definition) is 8. The highest BCUT2D eigenvalue weighted by atomic mass is 16.8. The Morgan fingerprint density at radius 1 is 0.788 bits per heavy atom. The largest absolute Gasteiger partial charge is 0.458 e. The van der Waals surface area contributed by atoms with Crippen LogP contribution in [0, 0.1) is 0 Å². The van der Waals surface area contributed by atoms with Crippen LogP contribution in [-0.2, 0) is 22.3 Å². The third-order valence-corrected chi connectivity index (χ3v) is 6.18. The molecule has 0 radical (unpaired) electrons. The summed E-state index contributed by atoms with van der Waals surface area (Å²) in [5.41, 5.74) is 2.17. The summed E-state index contributed by atoms with van der Waals surface area (Å²) in [6, 6.07) is 13.2. The number of hydrogen-bond donors (Lipinski definition) is 4. The first kappa shape index (κ1) is 23.9.